The number of hydrogen-bond donors (Lipinski definition) is 3. The Morgan fingerprint density at radius 3 is 2.33 bits per heavy atom. The number of aromatic hydroxyl groups is 1. The first-order chi connectivity index (χ1) is 19.2. The number of nitrogens with zero attached hydrogens (tertiary/aromatic N) is 4. The molecule has 0 unspecified atom stereocenters. The molecule has 2 aliphatic heterocycles. The lowest BCUT2D eigenvalue weighted by Gasteiger charge is -2.38. The summed E-state index contributed by atoms with van der Waals surface area (Å²) in [5, 5.41) is 15.7. The van der Waals surface area contributed by atoms with Crippen LogP contribution in [0.4, 0.5) is 9.59 Å². The highest BCUT2D eigenvalue weighted by molar-refractivity contribution is 9.10. The minimum Gasteiger partial charge on any atom is -0.507 e. The molecular formula is C28H36BBrN6O4. The third-order valence-electron chi connectivity index (χ3n) is 8.01. The predicted molar refractivity (Wildman–Crippen MR) is 157 cm³/mol. The number of pyridine rings is 1. The van der Waals surface area contributed by atoms with Crippen LogP contribution in [0, 0.1) is 0 Å². The molecule has 3 heterocycles. The van der Waals surface area contributed by atoms with Gasteiger partial charge in [0.1, 0.15) is 19.6 Å². The van der Waals surface area contributed by atoms with E-state index in [-0.39, 0.29) is 41.6 Å². The molecule has 1 aromatic carbocycles. The molecule has 3 N–H and O–H groups in total. The van der Waals surface area contributed by atoms with Gasteiger partial charge in [-0.25, -0.2) is 9.59 Å². The van der Waals surface area contributed by atoms with E-state index in [0.29, 0.717) is 49.4 Å². The van der Waals surface area contributed by atoms with Crippen LogP contribution in [-0.4, -0.2) is 103 Å². The number of carbonyl (C=O) groups excluding carboxylic acids is 3. The molecule has 0 spiro atoms. The van der Waals surface area contributed by atoms with Crippen LogP contribution in [0.15, 0.2) is 41.1 Å². The maximum absolute atomic E-state index is 13.8. The number of halogens is 1. The summed E-state index contributed by atoms with van der Waals surface area (Å²) in [5.41, 5.74) is 2.14. The fourth-order valence-corrected chi connectivity index (χ4v) is 6.08. The number of urea groups is 2. The van der Waals surface area contributed by atoms with Crippen molar-refractivity contribution >= 4 is 47.2 Å². The van der Waals surface area contributed by atoms with Crippen LogP contribution in [0.25, 0.3) is 0 Å². The molecule has 4 rings (SSSR count). The first-order valence-corrected chi connectivity index (χ1v) is 14.4. The van der Waals surface area contributed by atoms with Gasteiger partial charge < -0.3 is 30.4 Å². The number of rotatable bonds is 6. The van der Waals surface area contributed by atoms with Crippen LogP contribution in [0.1, 0.15) is 42.7 Å². The number of carbonyl (C=O) groups is 3. The molecule has 12 heteroatoms. The lowest BCUT2D eigenvalue weighted by Crippen LogP contribution is -2.56. The molecule has 0 aliphatic carbocycles. The quantitative estimate of drug-likeness (QED) is 0.433. The van der Waals surface area contributed by atoms with Crippen molar-refractivity contribution in [1.82, 2.24) is 30.3 Å². The minimum atomic E-state index is -0.799. The van der Waals surface area contributed by atoms with Crippen LogP contribution in [0.3, 0.4) is 0 Å². The van der Waals surface area contributed by atoms with Crippen molar-refractivity contribution < 1.29 is 19.5 Å². The summed E-state index contributed by atoms with van der Waals surface area (Å²) in [4.78, 5) is 48.4. The smallest absolute Gasteiger partial charge is 0.318 e. The van der Waals surface area contributed by atoms with Gasteiger partial charge in [-0.15, -0.1) is 0 Å². The van der Waals surface area contributed by atoms with E-state index in [1.54, 1.807) is 48.4 Å². The maximum atomic E-state index is 13.8. The topological polar surface area (TPSA) is 118 Å². The highest BCUT2D eigenvalue weighted by atomic mass is 79.9. The van der Waals surface area contributed by atoms with Gasteiger partial charge in [0.05, 0.1) is 4.47 Å². The number of aromatic nitrogens is 1. The molecule has 2 saturated heterocycles. The summed E-state index contributed by atoms with van der Waals surface area (Å²) in [7, 11) is 9.32. The number of phenols is 1. The van der Waals surface area contributed by atoms with Gasteiger partial charge in [0, 0.05) is 65.1 Å². The van der Waals surface area contributed by atoms with Crippen molar-refractivity contribution in [2.75, 3.05) is 40.3 Å². The van der Waals surface area contributed by atoms with E-state index in [1.165, 1.54) is 5.56 Å². The highest BCUT2D eigenvalue weighted by Gasteiger charge is 2.33. The third-order valence-corrected chi connectivity index (χ3v) is 8.61. The van der Waals surface area contributed by atoms with Gasteiger partial charge >= 0.3 is 12.1 Å². The Bertz CT molecular complexity index is 1180. The molecule has 40 heavy (non-hydrogen) atoms. The number of likely N-dealkylation sites (tertiary alicyclic amines) is 2. The molecule has 212 valence electrons. The Kier molecular flexibility index (Phi) is 9.94. The Morgan fingerprint density at radius 1 is 1.10 bits per heavy atom. The summed E-state index contributed by atoms with van der Waals surface area (Å²) >= 11 is 3.32. The van der Waals surface area contributed by atoms with E-state index in [4.69, 9.17) is 7.85 Å². The molecule has 2 aliphatic rings. The third kappa shape index (κ3) is 7.07. The number of benzene rings is 1. The van der Waals surface area contributed by atoms with Crippen LogP contribution in [-0.2, 0) is 11.2 Å². The molecular weight excluding hydrogens is 575 g/mol. The van der Waals surface area contributed by atoms with Gasteiger partial charge in [-0.1, -0.05) is 11.5 Å². The van der Waals surface area contributed by atoms with Crippen molar-refractivity contribution in [1.29, 1.82) is 0 Å². The number of amides is 5. The predicted octanol–water partition coefficient (Wildman–Crippen LogP) is 2.11. The molecule has 1 aromatic heterocycles. The van der Waals surface area contributed by atoms with Crippen LogP contribution >= 0.6 is 15.9 Å². The number of piperidine rings is 2. The zero-order valence-corrected chi connectivity index (χ0v) is 24.6. The number of nitrogens with one attached hydrogen (secondary N) is 2. The van der Waals surface area contributed by atoms with Gasteiger partial charge in [0.2, 0.25) is 5.91 Å². The van der Waals surface area contributed by atoms with Crippen molar-refractivity contribution in [3.63, 3.8) is 0 Å². The largest absolute Gasteiger partial charge is 0.507 e. The van der Waals surface area contributed by atoms with Gasteiger partial charge in [-0.2, -0.15) is 0 Å². The van der Waals surface area contributed by atoms with Crippen molar-refractivity contribution in [2.45, 2.75) is 50.1 Å². The molecule has 1 atom stereocenters. The zero-order valence-electron chi connectivity index (χ0n) is 23.0. The molecule has 5 amide bonds. The Hall–Kier alpha value is -3.28. The van der Waals surface area contributed by atoms with Gasteiger partial charge in [-0.05, 0) is 76.9 Å². The molecule has 10 nitrogen and oxygen atoms in total. The van der Waals surface area contributed by atoms with Crippen molar-refractivity contribution in [2.24, 2.45) is 0 Å². The second kappa shape index (κ2) is 13.4. The monoisotopic (exact) mass is 610 g/mol. The van der Waals surface area contributed by atoms with Gasteiger partial charge in [-0.3, -0.25) is 9.78 Å². The fourth-order valence-electron chi connectivity index (χ4n) is 5.56. The Labute approximate surface area is 245 Å². The minimum absolute atomic E-state index is 0.0421. The fraction of sp³-hybridized carbons (Fsp3) is 0.500. The van der Waals surface area contributed by atoms with Gasteiger partial charge in [0.15, 0.2) is 0 Å². The molecule has 2 radical (unpaired) electrons. The zero-order chi connectivity index (χ0) is 28.8. The summed E-state index contributed by atoms with van der Waals surface area (Å²) in [6.07, 6.45) is 6.78. The van der Waals surface area contributed by atoms with E-state index in [2.05, 4.69) is 31.5 Å². The Morgan fingerprint density at radius 2 is 1.73 bits per heavy atom. The molecule has 0 saturated carbocycles. The number of hydrogen-bond acceptors (Lipinski definition) is 5. The average molecular weight is 611 g/mol. The van der Waals surface area contributed by atoms with E-state index in [1.807, 2.05) is 17.0 Å². The first-order valence-electron chi connectivity index (χ1n) is 13.6. The second-order valence-corrected chi connectivity index (χ2v) is 11.3. The lowest BCUT2D eigenvalue weighted by atomic mass is 9.89. The van der Waals surface area contributed by atoms with Crippen LogP contribution in [0.2, 0.25) is 0 Å². The van der Waals surface area contributed by atoms with Crippen LogP contribution in [0.5, 0.6) is 5.75 Å². The standard InChI is InChI=1S/C28H36BBrN6O4/c1-31-27(39)34(2)21-7-13-36(14-8-21)28(40)33-24(17-18-15-22(29)25(37)23(30)16-18)26(38)35-11-5-20(6-12-35)19-3-9-32-10-4-19/h3-4,9-10,15-16,20-21,24,37H,5-8,11-14,17H2,1-2H3,(H,31,39)(H,33,40)/t24-/m1/s1. The second-order valence-electron chi connectivity index (χ2n) is 10.5. The SMILES string of the molecule is [B]c1cc(C[C@@H](NC(=O)N2CCC(N(C)C(=O)NC)CC2)C(=O)N2CCC(c3ccncc3)CC2)cc(Br)c1O. The summed E-state index contributed by atoms with van der Waals surface area (Å²) in [6, 6.07) is 6.17. The summed E-state index contributed by atoms with van der Waals surface area (Å²) in [5.74, 6) is 0.166. The number of phenolic OH excluding ortho intramolecular Hbond substituents is 1. The molecule has 2 aromatic rings. The molecule has 2 fully saturated rings. The van der Waals surface area contributed by atoms with E-state index < -0.39 is 6.04 Å². The first kappa shape index (κ1) is 29.7. The lowest BCUT2D eigenvalue weighted by molar-refractivity contribution is -0.134. The maximum Gasteiger partial charge on any atom is 0.318 e. The highest BCUT2D eigenvalue weighted by Crippen LogP contribution is 2.28. The summed E-state index contributed by atoms with van der Waals surface area (Å²) < 4.78 is 0.431. The Balaban J connectivity index is 1.44. The van der Waals surface area contributed by atoms with E-state index in [9.17, 15) is 19.5 Å². The van der Waals surface area contributed by atoms with E-state index in [0.717, 1.165) is 18.4 Å². The van der Waals surface area contributed by atoms with E-state index >= 15 is 0 Å². The summed E-state index contributed by atoms with van der Waals surface area (Å²) in [6.45, 7) is 2.15. The van der Waals surface area contributed by atoms with Crippen molar-refractivity contribution in [3.05, 3.63) is 52.3 Å². The molecule has 0 bridgehead atoms. The average Bonchev–Trinajstić information content (AvgIpc) is 2.98. The van der Waals surface area contributed by atoms with Crippen molar-refractivity contribution in [3.8, 4) is 5.75 Å². The normalized spacial score (nSPS) is 17.3. The van der Waals surface area contributed by atoms with Gasteiger partial charge in [0.25, 0.3) is 0 Å². The van der Waals surface area contributed by atoms with Crippen LogP contribution < -0.4 is 16.1 Å².